The van der Waals surface area contributed by atoms with Gasteiger partial charge < -0.3 is 9.47 Å². The maximum atomic E-state index is 12.0. The van der Waals surface area contributed by atoms with Gasteiger partial charge in [0.2, 0.25) is 0 Å². The van der Waals surface area contributed by atoms with Gasteiger partial charge in [-0.2, -0.15) is 0 Å². The third kappa shape index (κ3) is 4.08. The number of rotatable bonds is 6. The summed E-state index contributed by atoms with van der Waals surface area (Å²) in [7, 11) is 1.64. The summed E-state index contributed by atoms with van der Waals surface area (Å²) in [5.74, 6) is 0.541. The van der Waals surface area contributed by atoms with Gasteiger partial charge in [-0.15, -0.1) is 0 Å². The number of carbonyl (C=O) groups is 1. The first-order valence-electron chi connectivity index (χ1n) is 6.18. The Morgan fingerprint density at radius 1 is 1.15 bits per heavy atom. The van der Waals surface area contributed by atoms with Crippen molar-refractivity contribution < 1.29 is 14.3 Å². The highest BCUT2D eigenvalue weighted by Crippen LogP contribution is 2.15. The fourth-order valence-electron chi connectivity index (χ4n) is 1.79. The normalized spacial score (nSPS) is 10.3. The number of carbonyl (C=O) groups excluding carboxylic acids is 1. The van der Waals surface area contributed by atoms with Crippen LogP contribution in [0.1, 0.15) is 15.9 Å². The molecule has 104 valence electrons. The van der Waals surface area contributed by atoms with E-state index in [-0.39, 0.29) is 12.4 Å². The van der Waals surface area contributed by atoms with Gasteiger partial charge in [0.15, 0.2) is 12.4 Å². The summed E-state index contributed by atoms with van der Waals surface area (Å²) in [4.78, 5) is 12.0. The van der Waals surface area contributed by atoms with Crippen LogP contribution >= 0.6 is 11.6 Å². The second-order valence-electron chi connectivity index (χ2n) is 4.30. The van der Waals surface area contributed by atoms with Crippen molar-refractivity contribution in [3.63, 3.8) is 0 Å². The molecule has 0 saturated heterocycles. The highest BCUT2D eigenvalue weighted by atomic mass is 35.5. The summed E-state index contributed by atoms with van der Waals surface area (Å²) >= 11 is 5.85. The van der Waals surface area contributed by atoms with E-state index < -0.39 is 0 Å². The molecule has 4 heteroatoms. The standard InChI is InChI=1S/C16H15ClO3/c1-19-10-12-4-2-7-15(8-12)20-11-16(18)13-5-3-6-14(17)9-13/h2-9H,10-11H2,1H3. The zero-order valence-electron chi connectivity index (χ0n) is 11.1. The van der Waals surface area contributed by atoms with E-state index in [1.807, 2.05) is 24.3 Å². The molecular weight excluding hydrogens is 276 g/mol. The Morgan fingerprint density at radius 3 is 2.70 bits per heavy atom. The molecule has 0 aliphatic rings. The molecule has 2 rings (SSSR count). The largest absolute Gasteiger partial charge is 0.485 e. The Labute approximate surface area is 123 Å². The molecule has 0 atom stereocenters. The summed E-state index contributed by atoms with van der Waals surface area (Å²) in [6.45, 7) is 0.496. The molecule has 0 unspecified atom stereocenters. The Hall–Kier alpha value is -1.84. The lowest BCUT2D eigenvalue weighted by molar-refractivity contribution is 0.0921. The zero-order chi connectivity index (χ0) is 14.4. The number of ether oxygens (including phenoxy) is 2. The first-order valence-corrected chi connectivity index (χ1v) is 6.56. The summed E-state index contributed by atoms with van der Waals surface area (Å²) in [5, 5.41) is 0.540. The molecule has 0 radical (unpaired) electrons. The van der Waals surface area contributed by atoms with Crippen LogP contribution in [0.15, 0.2) is 48.5 Å². The van der Waals surface area contributed by atoms with Gasteiger partial charge in [0, 0.05) is 17.7 Å². The van der Waals surface area contributed by atoms with Gasteiger partial charge in [-0.05, 0) is 29.8 Å². The third-order valence-electron chi connectivity index (χ3n) is 2.73. The molecule has 0 saturated carbocycles. The van der Waals surface area contributed by atoms with Gasteiger partial charge in [0.05, 0.1) is 6.61 Å². The van der Waals surface area contributed by atoms with Crippen molar-refractivity contribution >= 4 is 17.4 Å². The first kappa shape index (κ1) is 14.6. The Morgan fingerprint density at radius 2 is 1.95 bits per heavy atom. The van der Waals surface area contributed by atoms with E-state index in [0.717, 1.165) is 5.56 Å². The van der Waals surface area contributed by atoms with Crippen molar-refractivity contribution in [3.8, 4) is 5.75 Å². The minimum absolute atomic E-state index is 0.0171. The monoisotopic (exact) mass is 290 g/mol. The van der Waals surface area contributed by atoms with E-state index in [2.05, 4.69) is 0 Å². The van der Waals surface area contributed by atoms with E-state index in [1.165, 1.54) is 0 Å². The van der Waals surface area contributed by atoms with Crippen LogP contribution < -0.4 is 4.74 Å². The quantitative estimate of drug-likeness (QED) is 0.760. The molecule has 0 fully saturated rings. The van der Waals surface area contributed by atoms with E-state index >= 15 is 0 Å². The second-order valence-corrected chi connectivity index (χ2v) is 4.74. The molecule has 3 nitrogen and oxygen atoms in total. The number of hydrogen-bond acceptors (Lipinski definition) is 3. The average molecular weight is 291 g/mol. The number of methoxy groups -OCH3 is 1. The molecule has 0 N–H and O–H groups in total. The molecule has 0 aromatic heterocycles. The molecule has 20 heavy (non-hydrogen) atoms. The molecule has 0 heterocycles. The number of benzene rings is 2. The van der Waals surface area contributed by atoms with Crippen LogP contribution in [-0.4, -0.2) is 19.5 Å². The highest BCUT2D eigenvalue weighted by Gasteiger charge is 2.07. The van der Waals surface area contributed by atoms with Crippen LogP contribution in [0.2, 0.25) is 5.02 Å². The third-order valence-corrected chi connectivity index (χ3v) is 2.96. The Bertz CT molecular complexity index is 596. The van der Waals surface area contributed by atoms with Crippen LogP contribution in [0.5, 0.6) is 5.75 Å². The van der Waals surface area contributed by atoms with Crippen molar-refractivity contribution in [1.82, 2.24) is 0 Å². The van der Waals surface area contributed by atoms with Crippen molar-refractivity contribution in [1.29, 1.82) is 0 Å². The number of halogens is 1. The lowest BCUT2D eigenvalue weighted by Gasteiger charge is -2.07. The molecule has 0 aliphatic carbocycles. The van der Waals surface area contributed by atoms with E-state index in [4.69, 9.17) is 21.1 Å². The molecule has 0 amide bonds. The lowest BCUT2D eigenvalue weighted by Crippen LogP contribution is -2.11. The van der Waals surface area contributed by atoms with Crippen LogP contribution in [0.25, 0.3) is 0 Å². The summed E-state index contributed by atoms with van der Waals surface area (Å²) in [6.07, 6.45) is 0. The zero-order valence-corrected chi connectivity index (χ0v) is 11.9. The van der Waals surface area contributed by atoms with Crippen molar-refractivity contribution in [3.05, 3.63) is 64.7 Å². The van der Waals surface area contributed by atoms with Gasteiger partial charge in [-0.1, -0.05) is 35.9 Å². The maximum absolute atomic E-state index is 12.0. The van der Waals surface area contributed by atoms with Crippen LogP contribution in [-0.2, 0) is 11.3 Å². The lowest BCUT2D eigenvalue weighted by atomic mass is 10.1. The molecule has 0 bridgehead atoms. The van der Waals surface area contributed by atoms with E-state index in [9.17, 15) is 4.79 Å². The van der Waals surface area contributed by atoms with Crippen molar-refractivity contribution in [2.24, 2.45) is 0 Å². The average Bonchev–Trinajstić information content (AvgIpc) is 2.45. The van der Waals surface area contributed by atoms with Gasteiger partial charge in [0.25, 0.3) is 0 Å². The fraction of sp³-hybridized carbons (Fsp3) is 0.188. The van der Waals surface area contributed by atoms with Crippen LogP contribution in [0.3, 0.4) is 0 Å². The number of hydrogen-bond donors (Lipinski definition) is 0. The van der Waals surface area contributed by atoms with Gasteiger partial charge in [-0.3, -0.25) is 4.79 Å². The second kappa shape index (κ2) is 7.08. The van der Waals surface area contributed by atoms with E-state index in [0.29, 0.717) is 22.9 Å². The van der Waals surface area contributed by atoms with E-state index in [1.54, 1.807) is 31.4 Å². The smallest absolute Gasteiger partial charge is 0.200 e. The SMILES string of the molecule is COCc1cccc(OCC(=O)c2cccc(Cl)c2)c1. The number of ketones is 1. The van der Waals surface area contributed by atoms with Crippen LogP contribution in [0, 0.1) is 0 Å². The molecular formula is C16H15ClO3. The van der Waals surface area contributed by atoms with Gasteiger partial charge in [-0.25, -0.2) is 0 Å². The fourth-order valence-corrected chi connectivity index (χ4v) is 1.98. The Kier molecular flexibility index (Phi) is 5.16. The van der Waals surface area contributed by atoms with Crippen molar-refractivity contribution in [2.45, 2.75) is 6.61 Å². The summed E-state index contributed by atoms with van der Waals surface area (Å²) in [5.41, 5.74) is 1.55. The first-order chi connectivity index (χ1) is 9.69. The maximum Gasteiger partial charge on any atom is 0.200 e. The summed E-state index contributed by atoms with van der Waals surface area (Å²) in [6, 6.07) is 14.3. The van der Waals surface area contributed by atoms with Crippen LogP contribution in [0.4, 0.5) is 0 Å². The summed E-state index contributed by atoms with van der Waals surface area (Å²) < 4.78 is 10.6. The van der Waals surface area contributed by atoms with Gasteiger partial charge >= 0.3 is 0 Å². The highest BCUT2D eigenvalue weighted by molar-refractivity contribution is 6.31. The predicted octanol–water partition coefficient (Wildman–Crippen LogP) is 3.75. The van der Waals surface area contributed by atoms with Gasteiger partial charge in [0.1, 0.15) is 5.75 Å². The Balaban J connectivity index is 1.98. The number of Topliss-reactive ketones (excluding diaryl/α,β-unsaturated/α-hetero) is 1. The minimum Gasteiger partial charge on any atom is -0.485 e. The molecule has 2 aromatic rings. The molecule has 2 aromatic carbocycles. The topological polar surface area (TPSA) is 35.5 Å². The van der Waals surface area contributed by atoms with Crippen molar-refractivity contribution in [2.75, 3.05) is 13.7 Å². The molecule has 0 spiro atoms. The molecule has 0 aliphatic heterocycles. The minimum atomic E-state index is -0.107. The predicted molar refractivity (Wildman–Crippen MR) is 78.4 cm³/mol.